The van der Waals surface area contributed by atoms with Crippen molar-refractivity contribution < 1.29 is 28.6 Å². The molecular formula is C24H20O6S. The summed E-state index contributed by atoms with van der Waals surface area (Å²) in [5, 5.41) is 0.970. The zero-order valence-electron chi connectivity index (χ0n) is 16.8. The number of carbonyl (C=O) groups excluding carboxylic acids is 3. The Morgan fingerprint density at radius 3 is 2.74 bits per heavy atom. The van der Waals surface area contributed by atoms with E-state index in [4.69, 9.17) is 14.2 Å². The highest BCUT2D eigenvalue weighted by Gasteiger charge is 2.46. The van der Waals surface area contributed by atoms with Crippen molar-refractivity contribution >= 4 is 39.3 Å². The minimum Gasteiger partial charge on any atom is -0.458 e. The fraction of sp³-hybridized carbons (Fsp3) is 0.292. The van der Waals surface area contributed by atoms with E-state index >= 15 is 0 Å². The third-order valence-corrected chi connectivity index (χ3v) is 6.94. The number of thiophene rings is 1. The number of rotatable bonds is 2. The molecule has 2 aromatic rings. The van der Waals surface area contributed by atoms with Crippen molar-refractivity contribution in [3.8, 4) is 0 Å². The van der Waals surface area contributed by atoms with E-state index in [0.29, 0.717) is 16.9 Å². The molecule has 31 heavy (non-hydrogen) atoms. The van der Waals surface area contributed by atoms with Gasteiger partial charge in [-0.05, 0) is 36.6 Å². The van der Waals surface area contributed by atoms with Crippen LogP contribution in [-0.4, -0.2) is 36.2 Å². The van der Waals surface area contributed by atoms with Crippen molar-refractivity contribution in [2.75, 3.05) is 0 Å². The molecule has 0 amide bonds. The van der Waals surface area contributed by atoms with Crippen molar-refractivity contribution in [3.63, 3.8) is 0 Å². The van der Waals surface area contributed by atoms with Crippen molar-refractivity contribution in [1.82, 2.24) is 0 Å². The van der Waals surface area contributed by atoms with Crippen LogP contribution in [0, 0.1) is 5.92 Å². The standard InChI is InChI=1S/C24H20O6S/c1-12-7-16-9-15(23(26)28-16)10-18-21(13(2)22(25)29-18)17(8-12)30-24(27)20-11-14-5-3-4-6-19(14)31-20/h3-6,8-9,11,16-18,21H,2,7,10H2,1H3/b12-8+/t16-,17-,18+,21+/m1/s1. The fourth-order valence-corrected chi connectivity index (χ4v) is 5.32. The lowest BCUT2D eigenvalue weighted by Gasteiger charge is -2.25. The first-order valence-corrected chi connectivity index (χ1v) is 10.9. The van der Waals surface area contributed by atoms with E-state index in [1.54, 1.807) is 12.1 Å². The quantitative estimate of drug-likeness (QED) is 0.305. The lowest BCUT2D eigenvalue weighted by atomic mass is 9.85. The second-order valence-electron chi connectivity index (χ2n) is 8.07. The Hall–Kier alpha value is -3.19. The maximum atomic E-state index is 13.0. The van der Waals surface area contributed by atoms with Gasteiger partial charge in [-0.1, -0.05) is 30.4 Å². The molecule has 0 N–H and O–H groups in total. The van der Waals surface area contributed by atoms with Gasteiger partial charge >= 0.3 is 17.9 Å². The van der Waals surface area contributed by atoms with Gasteiger partial charge in [0.25, 0.3) is 0 Å². The molecule has 0 saturated carbocycles. The molecule has 2 bridgehead atoms. The highest BCUT2D eigenvalue weighted by molar-refractivity contribution is 7.20. The number of fused-ring (bicyclic) bond motifs is 3. The average molecular weight is 436 g/mol. The molecule has 1 aliphatic carbocycles. The van der Waals surface area contributed by atoms with Crippen LogP contribution >= 0.6 is 11.3 Å². The predicted molar refractivity (Wildman–Crippen MR) is 114 cm³/mol. The number of benzene rings is 1. The van der Waals surface area contributed by atoms with E-state index < -0.39 is 36.0 Å². The Bertz CT molecular complexity index is 1150. The maximum Gasteiger partial charge on any atom is 0.348 e. The summed E-state index contributed by atoms with van der Waals surface area (Å²) in [5.41, 5.74) is 1.61. The minimum absolute atomic E-state index is 0.203. The van der Waals surface area contributed by atoms with E-state index in [1.807, 2.05) is 37.3 Å². The molecule has 158 valence electrons. The molecule has 6 nitrogen and oxygen atoms in total. The van der Waals surface area contributed by atoms with Gasteiger partial charge in [0.2, 0.25) is 0 Å². The van der Waals surface area contributed by atoms with Gasteiger partial charge < -0.3 is 14.2 Å². The van der Waals surface area contributed by atoms with E-state index in [-0.39, 0.29) is 18.1 Å². The van der Waals surface area contributed by atoms with Crippen LogP contribution in [0.1, 0.15) is 29.4 Å². The smallest absolute Gasteiger partial charge is 0.348 e. The lowest BCUT2D eigenvalue weighted by molar-refractivity contribution is -0.142. The molecule has 5 rings (SSSR count). The molecule has 1 aromatic carbocycles. The van der Waals surface area contributed by atoms with Gasteiger partial charge in [0.15, 0.2) is 0 Å². The molecule has 1 aromatic heterocycles. The van der Waals surface area contributed by atoms with E-state index in [1.165, 1.54) is 11.3 Å². The molecule has 3 heterocycles. The van der Waals surface area contributed by atoms with Crippen LogP contribution in [0.2, 0.25) is 0 Å². The summed E-state index contributed by atoms with van der Waals surface area (Å²) in [5.74, 6) is -1.98. The lowest BCUT2D eigenvalue weighted by Crippen LogP contribution is -2.33. The van der Waals surface area contributed by atoms with E-state index in [0.717, 1.165) is 15.7 Å². The maximum absolute atomic E-state index is 13.0. The van der Waals surface area contributed by atoms with Crippen LogP contribution in [0.25, 0.3) is 10.1 Å². The highest BCUT2D eigenvalue weighted by Crippen LogP contribution is 2.39. The molecule has 0 radical (unpaired) electrons. The third-order valence-electron chi connectivity index (χ3n) is 5.85. The van der Waals surface area contributed by atoms with Crippen molar-refractivity contribution in [2.45, 2.75) is 38.1 Å². The summed E-state index contributed by atoms with van der Waals surface area (Å²) in [4.78, 5) is 38.0. The van der Waals surface area contributed by atoms with Gasteiger partial charge in [0.05, 0.1) is 5.92 Å². The molecule has 1 saturated heterocycles. The Balaban J connectivity index is 1.49. The SMILES string of the molecule is C=C1C(=O)O[C@H]2CC3=C[C@@H](C/C(C)=C/[C@@H](OC(=O)c4cc5ccccc5s4)[C@H]12)OC3=O. The Morgan fingerprint density at radius 1 is 1.13 bits per heavy atom. The monoisotopic (exact) mass is 436 g/mol. The first-order valence-electron chi connectivity index (χ1n) is 10.1. The second kappa shape index (κ2) is 7.50. The molecule has 1 fully saturated rings. The van der Waals surface area contributed by atoms with Crippen LogP contribution in [0.4, 0.5) is 0 Å². The van der Waals surface area contributed by atoms with Crippen LogP contribution in [0.3, 0.4) is 0 Å². The van der Waals surface area contributed by atoms with Gasteiger partial charge in [-0.25, -0.2) is 14.4 Å². The summed E-state index contributed by atoms with van der Waals surface area (Å²) in [6.45, 7) is 5.77. The average Bonchev–Trinajstić information content (AvgIpc) is 3.37. The number of ether oxygens (including phenoxy) is 3. The number of hydrogen-bond donors (Lipinski definition) is 0. The number of esters is 3. The Morgan fingerprint density at radius 2 is 1.94 bits per heavy atom. The second-order valence-corrected chi connectivity index (χ2v) is 9.15. The number of carbonyl (C=O) groups is 3. The van der Waals surface area contributed by atoms with Gasteiger partial charge in [-0.15, -0.1) is 11.3 Å². The van der Waals surface area contributed by atoms with Gasteiger partial charge in [-0.3, -0.25) is 0 Å². The van der Waals surface area contributed by atoms with Gasteiger partial charge in [0, 0.05) is 28.7 Å². The molecule has 2 aliphatic heterocycles. The Labute approximate surface area is 182 Å². The van der Waals surface area contributed by atoms with Crippen LogP contribution in [-0.2, 0) is 23.8 Å². The van der Waals surface area contributed by atoms with Crippen LogP contribution < -0.4 is 0 Å². The summed E-state index contributed by atoms with van der Waals surface area (Å²) >= 11 is 1.36. The molecule has 7 heteroatoms. The minimum atomic E-state index is -0.741. The van der Waals surface area contributed by atoms with Crippen molar-refractivity contribution in [2.24, 2.45) is 5.92 Å². The molecule has 3 aliphatic rings. The highest BCUT2D eigenvalue weighted by atomic mass is 32.1. The van der Waals surface area contributed by atoms with Crippen molar-refractivity contribution in [1.29, 1.82) is 0 Å². The van der Waals surface area contributed by atoms with Gasteiger partial charge in [0.1, 0.15) is 23.2 Å². The molecule has 4 atom stereocenters. The molecule has 0 spiro atoms. The summed E-state index contributed by atoms with van der Waals surface area (Å²) in [6.07, 6.45) is 2.54. The first kappa shape index (κ1) is 19.8. The first-order chi connectivity index (χ1) is 14.9. The fourth-order valence-electron chi connectivity index (χ4n) is 4.37. The predicted octanol–water partition coefficient (Wildman–Crippen LogP) is 4.12. The topological polar surface area (TPSA) is 78.9 Å². The van der Waals surface area contributed by atoms with Gasteiger partial charge in [-0.2, -0.15) is 0 Å². The number of hydrogen-bond acceptors (Lipinski definition) is 7. The van der Waals surface area contributed by atoms with Crippen molar-refractivity contribution in [3.05, 3.63) is 70.7 Å². The zero-order valence-corrected chi connectivity index (χ0v) is 17.6. The summed E-state index contributed by atoms with van der Waals surface area (Å²) < 4.78 is 17.8. The van der Waals surface area contributed by atoms with Crippen LogP contribution in [0.5, 0.6) is 0 Å². The van der Waals surface area contributed by atoms with E-state index in [2.05, 4.69) is 6.58 Å². The largest absolute Gasteiger partial charge is 0.458 e. The van der Waals surface area contributed by atoms with E-state index in [9.17, 15) is 14.4 Å². The summed E-state index contributed by atoms with van der Waals surface area (Å²) in [7, 11) is 0. The third kappa shape index (κ3) is 3.59. The normalized spacial score (nSPS) is 29.5. The Kier molecular flexibility index (Phi) is 4.78. The zero-order chi connectivity index (χ0) is 21.7. The molecule has 0 unspecified atom stereocenters. The summed E-state index contributed by atoms with van der Waals surface area (Å²) in [6, 6.07) is 9.53. The molecular weight excluding hydrogens is 416 g/mol. The van der Waals surface area contributed by atoms with Crippen LogP contribution in [0.15, 0.2) is 65.8 Å².